The Bertz CT molecular complexity index is 961. The summed E-state index contributed by atoms with van der Waals surface area (Å²) in [5, 5.41) is 5.20. The van der Waals surface area contributed by atoms with Gasteiger partial charge in [-0.1, -0.05) is 44.4 Å². The number of terminal acetylenes is 1. The predicted molar refractivity (Wildman–Crippen MR) is 134 cm³/mol. The molecular formula is C26H38N4O5. The van der Waals surface area contributed by atoms with Crippen LogP contribution in [-0.2, 0) is 19.1 Å². The van der Waals surface area contributed by atoms with Gasteiger partial charge in [0.05, 0.1) is 6.42 Å². The fourth-order valence-corrected chi connectivity index (χ4v) is 3.32. The Hall–Kier alpha value is -3.54. The van der Waals surface area contributed by atoms with E-state index >= 15 is 0 Å². The Kier molecular flexibility index (Phi) is 11.3. The number of amides is 4. The number of hydrogen-bond donors (Lipinski definition) is 3. The number of nitrogens with one attached hydrogen (secondary N) is 2. The van der Waals surface area contributed by atoms with Crippen LogP contribution in [0.4, 0.5) is 4.79 Å². The first-order chi connectivity index (χ1) is 16.3. The number of benzene rings is 1. The molecular weight excluding hydrogens is 448 g/mol. The fourth-order valence-electron chi connectivity index (χ4n) is 3.32. The Morgan fingerprint density at radius 1 is 1.14 bits per heavy atom. The maximum Gasteiger partial charge on any atom is 0.408 e. The van der Waals surface area contributed by atoms with Gasteiger partial charge in [-0.3, -0.25) is 19.3 Å². The van der Waals surface area contributed by atoms with Crippen molar-refractivity contribution in [2.45, 2.75) is 84.9 Å². The molecule has 0 aromatic heterocycles. The molecule has 4 amide bonds. The summed E-state index contributed by atoms with van der Waals surface area (Å²) in [7, 11) is 0. The van der Waals surface area contributed by atoms with Crippen molar-refractivity contribution in [3.63, 3.8) is 0 Å². The van der Waals surface area contributed by atoms with Crippen LogP contribution in [0.1, 0.15) is 76.1 Å². The van der Waals surface area contributed by atoms with E-state index in [9.17, 15) is 19.2 Å². The summed E-state index contributed by atoms with van der Waals surface area (Å²) in [4.78, 5) is 51.7. The third-order valence-electron chi connectivity index (χ3n) is 5.20. The average molecular weight is 487 g/mol. The summed E-state index contributed by atoms with van der Waals surface area (Å²) >= 11 is 0. The average Bonchev–Trinajstić information content (AvgIpc) is 2.74. The van der Waals surface area contributed by atoms with Gasteiger partial charge in [0.2, 0.25) is 11.8 Å². The van der Waals surface area contributed by atoms with Crippen LogP contribution in [0, 0.1) is 26.3 Å². The van der Waals surface area contributed by atoms with Crippen molar-refractivity contribution in [2.75, 3.05) is 6.54 Å². The van der Waals surface area contributed by atoms with Crippen molar-refractivity contribution in [3.8, 4) is 12.5 Å². The standard InChI is InChI=1S/C26H38N4O5/c1-8-10-11-14-28-23(32)22(19-13-12-17(3)18(4)15-19)30(9-2)24(33)20(16-21(27)31)29-25(34)35-26(5,6)7/h2,12-13,15,20,22H,8,10-11,14,16H2,1,3-7H3,(H2,27,31)(H,28,32)(H,29,34). The highest BCUT2D eigenvalue weighted by Crippen LogP contribution is 2.24. The molecule has 0 heterocycles. The van der Waals surface area contributed by atoms with Crippen LogP contribution in [0.2, 0.25) is 0 Å². The highest BCUT2D eigenvalue weighted by Gasteiger charge is 2.36. The molecule has 9 nitrogen and oxygen atoms in total. The van der Waals surface area contributed by atoms with E-state index in [1.807, 2.05) is 19.9 Å². The van der Waals surface area contributed by atoms with Gasteiger partial charge in [-0.2, -0.15) is 0 Å². The van der Waals surface area contributed by atoms with Gasteiger partial charge >= 0.3 is 6.09 Å². The van der Waals surface area contributed by atoms with Gasteiger partial charge in [0.1, 0.15) is 17.7 Å². The molecule has 0 saturated heterocycles. The maximum absolute atomic E-state index is 13.5. The molecule has 1 aromatic rings. The highest BCUT2D eigenvalue weighted by atomic mass is 16.6. The Balaban J connectivity index is 3.36. The number of primary amides is 1. The molecule has 0 fully saturated rings. The second kappa shape index (κ2) is 13.4. The summed E-state index contributed by atoms with van der Waals surface area (Å²) in [6.07, 6.45) is 6.97. The van der Waals surface area contributed by atoms with E-state index in [2.05, 4.69) is 23.6 Å². The normalized spacial score (nSPS) is 12.6. The number of nitrogens with zero attached hydrogens (tertiary/aromatic N) is 1. The lowest BCUT2D eigenvalue weighted by molar-refractivity contribution is -0.139. The fraction of sp³-hybridized carbons (Fsp3) is 0.538. The minimum absolute atomic E-state index is 0.418. The zero-order valence-corrected chi connectivity index (χ0v) is 21.6. The lowest BCUT2D eigenvalue weighted by Gasteiger charge is -2.30. The smallest absolute Gasteiger partial charge is 0.408 e. The molecule has 0 radical (unpaired) electrons. The third kappa shape index (κ3) is 9.69. The van der Waals surface area contributed by atoms with Crippen LogP contribution in [0.3, 0.4) is 0 Å². The Labute approximate surface area is 208 Å². The molecule has 0 aliphatic heterocycles. The number of nitrogens with two attached hydrogens (primary N) is 1. The number of unbranched alkanes of at least 4 members (excludes halogenated alkanes) is 2. The van der Waals surface area contributed by atoms with E-state index in [-0.39, 0.29) is 0 Å². The van der Waals surface area contributed by atoms with E-state index in [1.54, 1.807) is 32.9 Å². The quantitative estimate of drug-likeness (QED) is 0.251. The van der Waals surface area contributed by atoms with Gasteiger partial charge in [0, 0.05) is 12.6 Å². The molecule has 0 aliphatic rings. The zero-order chi connectivity index (χ0) is 26.8. The van der Waals surface area contributed by atoms with Gasteiger partial charge in [0.15, 0.2) is 0 Å². The van der Waals surface area contributed by atoms with Crippen molar-refractivity contribution in [2.24, 2.45) is 5.73 Å². The summed E-state index contributed by atoms with van der Waals surface area (Å²) in [5.41, 5.74) is 6.91. The first kappa shape index (κ1) is 29.5. The molecule has 0 saturated carbocycles. The third-order valence-corrected chi connectivity index (χ3v) is 5.20. The lowest BCUT2D eigenvalue weighted by Crippen LogP contribution is -2.52. The second-order valence-electron chi connectivity index (χ2n) is 9.45. The lowest BCUT2D eigenvalue weighted by atomic mass is 9.98. The SMILES string of the molecule is C#CN(C(=O)C(CC(N)=O)NC(=O)OC(C)(C)C)C(C(=O)NCCCCC)c1ccc(C)c(C)c1. The van der Waals surface area contributed by atoms with Gasteiger partial charge < -0.3 is 21.1 Å². The van der Waals surface area contributed by atoms with E-state index < -0.39 is 47.9 Å². The highest BCUT2D eigenvalue weighted by molar-refractivity contribution is 5.95. The van der Waals surface area contributed by atoms with Gasteiger partial charge in [-0.25, -0.2) is 4.79 Å². The molecule has 1 rings (SSSR count). The summed E-state index contributed by atoms with van der Waals surface area (Å²) < 4.78 is 5.21. The monoisotopic (exact) mass is 486 g/mol. The maximum atomic E-state index is 13.5. The van der Waals surface area contributed by atoms with Crippen molar-refractivity contribution in [1.29, 1.82) is 0 Å². The van der Waals surface area contributed by atoms with Crippen LogP contribution in [-0.4, -0.2) is 46.9 Å². The molecule has 2 atom stereocenters. The molecule has 9 heteroatoms. The molecule has 192 valence electrons. The van der Waals surface area contributed by atoms with E-state index in [0.717, 1.165) is 35.3 Å². The number of aryl methyl sites for hydroxylation is 2. The summed E-state index contributed by atoms with van der Waals surface area (Å²) in [6, 6.07) is 5.02. The van der Waals surface area contributed by atoms with E-state index in [0.29, 0.717) is 12.1 Å². The molecule has 0 spiro atoms. The van der Waals surface area contributed by atoms with Crippen molar-refractivity contribution >= 4 is 23.8 Å². The summed E-state index contributed by atoms with van der Waals surface area (Å²) in [5.74, 6) is -2.13. The summed E-state index contributed by atoms with van der Waals surface area (Å²) in [6.45, 7) is 11.3. The molecule has 0 aliphatic carbocycles. The van der Waals surface area contributed by atoms with Crippen LogP contribution in [0.15, 0.2) is 18.2 Å². The predicted octanol–water partition coefficient (Wildman–Crippen LogP) is 2.84. The number of carbonyl (C=O) groups is 4. The Morgan fingerprint density at radius 3 is 2.31 bits per heavy atom. The molecule has 0 bridgehead atoms. The first-order valence-electron chi connectivity index (χ1n) is 11.7. The van der Waals surface area contributed by atoms with Gasteiger partial charge in [-0.15, -0.1) is 0 Å². The number of hydrogen-bond acceptors (Lipinski definition) is 5. The molecule has 35 heavy (non-hydrogen) atoms. The largest absolute Gasteiger partial charge is 0.444 e. The minimum Gasteiger partial charge on any atom is -0.444 e. The Morgan fingerprint density at radius 2 is 1.80 bits per heavy atom. The van der Waals surface area contributed by atoms with Crippen LogP contribution < -0.4 is 16.4 Å². The zero-order valence-electron chi connectivity index (χ0n) is 21.6. The minimum atomic E-state index is -1.42. The molecule has 4 N–H and O–H groups in total. The van der Waals surface area contributed by atoms with Gasteiger partial charge in [-0.05, 0) is 57.7 Å². The van der Waals surface area contributed by atoms with E-state index in [4.69, 9.17) is 16.9 Å². The van der Waals surface area contributed by atoms with Crippen LogP contribution in [0.25, 0.3) is 0 Å². The second-order valence-corrected chi connectivity index (χ2v) is 9.45. The first-order valence-corrected chi connectivity index (χ1v) is 11.7. The van der Waals surface area contributed by atoms with Crippen LogP contribution in [0.5, 0.6) is 0 Å². The topological polar surface area (TPSA) is 131 Å². The van der Waals surface area contributed by atoms with Crippen molar-refractivity contribution in [1.82, 2.24) is 15.5 Å². The number of carbonyl (C=O) groups excluding carboxylic acids is 4. The molecule has 2 unspecified atom stereocenters. The van der Waals surface area contributed by atoms with Crippen molar-refractivity contribution in [3.05, 3.63) is 34.9 Å². The number of rotatable bonds is 11. The number of alkyl carbamates (subject to hydrolysis) is 1. The number of ether oxygens (including phenoxy) is 1. The molecule has 1 aromatic carbocycles. The van der Waals surface area contributed by atoms with E-state index in [1.165, 1.54) is 0 Å². The van der Waals surface area contributed by atoms with Crippen molar-refractivity contribution < 1.29 is 23.9 Å². The van der Waals surface area contributed by atoms with Gasteiger partial charge in [0.25, 0.3) is 5.91 Å². The van der Waals surface area contributed by atoms with Crippen LogP contribution >= 0.6 is 0 Å².